The molecule has 2 aromatic rings. The fourth-order valence-electron chi connectivity index (χ4n) is 1.68. The molecule has 0 aliphatic carbocycles. The number of rotatable bonds is 3. The van der Waals surface area contributed by atoms with E-state index < -0.39 is 17.5 Å². The van der Waals surface area contributed by atoms with Crippen molar-refractivity contribution in [3.05, 3.63) is 64.7 Å². The van der Waals surface area contributed by atoms with Crippen LogP contribution in [0.15, 0.2) is 42.7 Å². The second-order valence-electron chi connectivity index (χ2n) is 3.84. The Kier molecular flexibility index (Phi) is 3.88. The van der Waals surface area contributed by atoms with Crippen LogP contribution in [0.25, 0.3) is 0 Å². The first-order valence-electron chi connectivity index (χ1n) is 5.42. The Balaban J connectivity index is 2.40. The van der Waals surface area contributed by atoms with E-state index in [0.29, 0.717) is 5.56 Å². The van der Waals surface area contributed by atoms with Gasteiger partial charge in [0, 0.05) is 18.0 Å². The van der Waals surface area contributed by atoms with E-state index in [4.69, 9.17) is 16.9 Å². The molecule has 1 aromatic heterocycles. The molecule has 0 spiro atoms. The summed E-state index contributed by atoms with van der Waals surface area (Å²) in [6.07, 6.45) is 3.00. The third-order valence-electron chi connectivity index (χ3n) is 2.61. The third-order valence-corrected chi connectivity index (χ3v) is 2.92. The lowest BCUT2D eigenvalue weighted by Gasteiger charge is -2.09. The molecule has 1 unspecified atom stereocenters. The Labute approximate surface area is 114 Å². The SMILES string of the molecule is N#CC(C(=O)c1ccc(F)cc1Cl)c1cccnc1. The summed E-state index contributed by atoms with van der Waals surface area (Å²) >= 11 is 5.83. The number of aromatic nitrogens is 1. The van der Waals surface area contributed by atoms with Crippen LogP contribution in [-0.2, 0) is 0 Å². The van der Waals surface area contributed by atoms with Gasteiger partial charge in [0.1, 0.15) is 11.7 Å². The molecule has 94 valence electrons. The Morgan fingerprint density at radius 1 is 1.42 bits per heavy atom. The van der Waals surface area contributed by atoms with Crippen molar-refractivity contribution in [1.29, 1.82) is 5.26 Å². The van der Waals surface area contributed by atoms with Crippen molar-refractivity contribution in [1.82, 2.24) is 4.98 Å². The van der Waals surface area contributed by atoms with Gasteiger partial charge < -0.3 is 0 Å². The first kappa shape index (κ1) is 13.2. The maximum atomic E-state index is 12.9. The number of halogens is 2. The van der Waals surface area contributed by atoms with Gasteiger partial charge >= 0.3 is 0 Å². The van der Waals surface area contributed by atoms with Gasteiger partial charge in [-0.15, -0.1) is 0 Å². The van der Waals surface area contributed by atoms with E-state index in [2.05, 4.69) is 4.98 Å². The van der Waals surface area contributed by atoms with Crippen molar-refractivity contribution in [2.75, 3.05) is 0 Å². The van der Waals surface area contributed by atoms with Crippen molar-refractivity contribution in [3.63, 3.8) is 0 Å². The zero-order valence-electron chi connectivity index (χ0n) is 9.68. The number of benzene rings is 1. The van der Waals surface area contributed by atoms with Gasteiger partial charge in [-0.25, -0.2) is 4.39 Å². The summed E-state index contributed by atoms with van der Waals surface area (Å²) in [4.78, 5) is 16.1. The van der Waals surface area contributed by atoms with E-state index in [-0.39, 0.29) is 10.6 Å². The quantitative estimate of drug-likeness (QED) is 0.807. The van der Waals surface area contributed by atoms with Gasteiger partial charge in [0.15, 0.2) is 5.78 Å². The van der Waals surface area contributed by atoms with E-state index in [9.17, 15) is 9.18 Å². The zero-order chi connectivity index (χ0) is 13.8. The number of hydrogen-bond acceptors (Lipinski definition) is 3. The molecule has 3 nitrogen and oxygen atoms in total. The molecule has 0 bridgehead atoms. The first-order valence-corrected chi connectivity index (χ1v) is 5.80. The molecule has 1 aromatic carbocycles. The van der Waals surface area contributed by atoms with Crippen molar-refractivity contribution in [2.24, 2.45) is 0 Å². The Hall–Kier alpha value is -2.25. The van der Waals surface area contributed by atoms with Gasteiger partial charge in [0.2, 0.25) is 0 Å². The fourth-order valence-corrected chi connectivity index (χ4v) is 1.94. The highest BCUT2D eigenvalue weighted by Gasteiger charge is 2.23. The van der Waals surface area contributed by atoms with Crippen LogP contribution in [0.2, 0.25) is 5.02 Å². The van der Waals surface area contributed by atoms with Crippen LogP contribution in [-0.4, -0.2) is 10.8 Å². The largest absolute Gasteiger partial charge is 0.292 e. The Morgan fingerprint density at radius 3 is 2.79 bits per heavy atom. The predicted octanol–water partition coefficient (Wildman–Crippen LogP) is 3.36. The van der Waals surface area contributed by atoms with Gasteiger partial charge in [0.25, 0.3) is 0 Å². The molecule has 0 aliphatic heterocycles. The van der Waals surface area contributed by atoms with E-state index in [1.807, 2.05) is 6.07 Å². The van der Waals surface area contributed by atoms with Crippen molar-refractivity contribution >= 4 is 17.4 Å². The second-order valence-corrected chi connectivity index (χ2v) is 4.24. The Bertz CT molecular complexity index is 652. The average Bonchev–Trinajstić information content (AvgIpc) is 2.40. The molecule has 0 amide bonds. The number of carbonyl (C=O) groups is 1. The molecule has 19 heavy (non-hydrogen) atoms. The lowest BCUT2D eigenvalue weighted by Crippen LogP contribution is -2.12. The summed E-state index contributed by atoms with van der Waals surface area (Å²) in [7, 11) is 0. The monoisotopic (exact) mass is 274 g/mol. The summed E-state index contributed by atoms with van der Waals surface area (Å²) in [5.74, 6) is -2.01. The molecule has 0 fully saturated rings. The van der Waals surface area contributed by atoms with Crippen LogP contribution < -0.4 is 0 Å². The Morgan fingerprint density at radius 2 is 2.21 bits per heavy atom. The molecule has 0 radical (unpaired) electrons. The lowest BCUT2D eigenvalue weighted by atomic mass is 9.93. The van der Waals surface area contributed by atoms with Crippen LogP contribution in [0, 0.1) is 17.1 Å². The normalized spacial score (nSPS) is 11.6. The zero-order valence-corrected chi connectivity index (χ0v) is 10.4. The highest BCUT2D eigenvalue weighted by Crippen LogP contribution is 2.25. The summed E-state index contributed by atoms with van der Waals surface area (Å²) < 4.78 is 12.9. The summed E-state index contributed by atoms with van der Waals surface area (Å²) in [6, 6.07) is 8.65. The van der Waals surface area contributed by atoms with Gasteiger partial charge in [-0.1, -0.05) is 17.7 Å². The van der Waals surface area contributed by atoms with Gasteiger partial charge in [-0.05, 0) is 29.8 Å². The molecular formula is C14H8ClFN2O. The van der Waals surface area contributed by atoms with Crippen LogP contribution in [0.3, 0.4) is 0 Å². The summed E-state index contributed by atoms with van der Waals surface area (Å²) in [5, 5.41) is 9.14. The molecule has 0 saturated carbocycles. The minimum absolute atomic E-state index is 0.00543. The van der Waals surface area contributed by atoms with Crippen LogP contribution in [0.5, 0.6) is 0 Å². The first-order chi connectivity index (χ1) is 9.13. The van der Waals surface area contributed by atoms with Crippen molar-refractivity contribution < 1.29 is 9.18 Å². The average molecular weight is 275 g/mol. The molecule has 0 aliphatic rings. The van der Waals surface area contributed by atoms with Gasteiger partial charge in [0.05, 0.1) is 11.1 Å². The molecule has 2 rings (SSSR count). The van der Waals surface area contributed by atoms with E-state index in [1.54, 1.807) is 18.3 Å². The maximum absolute atomic E-state index is 12.9. The smallest absolute Gasteiger partial charge is 0.186 e. The molecular weight excluding hydrogens is 267 g/mol. The molecule has 5 heteroatoms. The minimum Gasteiger partial charge on any atom is -0.292 e. The van der Waals surface area contributed by atoms with E-state index >= 15 is 0 Å². The van der Waals surface area contributed by atoms with Gasteiger partial charge in [-0.3, -0.25) is 9.78 Å². The number of pyridine rings is 1. The van der Waals surface area contributed by atoms with E-state index in [0.717, 1.165) is 12.1 Å². The van der Waals surface area contributed by atoms with Gasteiger partial charge in [-0.2, -0.15) is 5.26 Å². The molecule has 0 N–H and O–H groups in total. The highest BCUT2D eigenvalue weighted by molar-refractivity contribution is 6.34. The van der Waals surface area contributed by atoms with Crippen LogP contribution >= 0.6 is 11.6 Å². The highest BCUT2D eigenvalue weighted by atomic mass is 35.5. The van der Waals surface area contributed by atoms with Crippen molar-refractivity contribution in [3.8, 4) is 6.07 Å². The number of carbonyl (C=O) groups excluding carboxylic acids is 1. The second kappa shape index (κ2) is 5.59. The van der Waals surface area contributed by atoms with Crippen LogP contribution in [0.4, 0.5) is 4.39 Å². The topological polar surface area (TPSA) is 53.8 Å². The predicted molar refractivity (Wildman–Crippen MR) is 68.3 cm³/mol. The summed E-state index contributed by atoms with van der Waals surface area (Å²) in [6.45, 7) is 0. The third kappa shape index (κ3) is 2.78. The van der Waals surface area contributed by atoms with Crippen LogP contribution in [0.1, 0.15) is 21.8 Å². The van der Waals surface area contributed by atoms with Crippen molar-refractivity contribution in [2.45, 2.75) is 5.92 Å². The molecule has 0 saturated heterocycles. The number of nitrogens with zero attached hydrogens (tertiary/aromatic N) is 2. The summed E-state index contributed by atoms with van der Waals surface area (Å²) in [5.41, 5.74) is 0.605. The fraction of sp³-hybridized carbons (Fsp3) is 0.0714. The number of ketones is 1. The number of hydrogen-bond donors (Lipinski definition) is 0. The lowest BCUT2D eigenvalue weighted by molar-refractivity contribution is 0.0979. The molecule has 1 heterocycles. The van der Waals surface area contributed by atoms with E-state index in [1.165, 1.54) is 12.3 Å². The number of Topliss-reactive ketones (excluding diaryl/α,β-unsaturated/α-hetero) is 1. The standard InChI is InChI=1S/C14H8ClFN2O/c15-13-6-10(16)3-4-11(13)14(19)12(7-17)9-2-1-5-18-8-9/h1-6,8,12H. The molecule has 1 atom stereocenters. The number of nitriles is 1. The minimum atomic E-state index is -1.00. The maximum Gasteiger partial charge on any atom is 0.186 e.